The molecule has 0 aliphatic rings. The molecule has 1 amide bonds. The molecule has 0 aliphatic carbocycles. The fraction of sp³-hybridized carbons (Fsp3) is 0.462. The van der Waals surface area contributed by atoms with Crippen molar-refractivity contribution >= 4 is 17.5 Å². The number of aromatic nitrogens is 1. The lowest BCUT2D eigenvalue weighted by molar-refractivity contribution is 0.0740. The molecular formula is C13H16ClN3O. The van der Waals surface area contributed by atoms with Crippen LogP contribution < -0.4 is 0 Å². The van der Waals surface area contributed by atoms with Crippen LogP contribution in [0.5, 0.6) is 0 Å². The van der Waals surface area contributed by atoms with Crippen LogP contribution in [0.15, 0.2) is 18.5 Å². The second-order valence-electron chi connectivity index (χ2n) is 4.41. The summed E-state index contributed by atoms with van der Waals surface area (Å²) in [7, 11) is 0. The molecule has 0 aliphatic heterocycles. The van der Waals surface area contributed by atoms with Crippen molar-refractivity contribution in [3.63, 3.8) is 0 Å². The SMILES string of the molecule is CC(C)CN(CCC#N)C(=O)c1ccncc1Cl. The minimum absolute atomic E-state index is 0.147. The van der Waals surface area contributed by atoms with Gasteiger partial charge in [0.1, 0.15) is 0 Å². The van der Waals surface area contributed by atoms with Gasteiger partial charge >= 0.3 is 0 Å². The summed E-state index contributed by atoms with van der Waals surface area (Å²) in [6.07, 6.45) is 3.31. The number of hydrogen-bond donors (Lipinski definition) is 0. The van der Waals surface area contributed by atoms with E-state index in [4.69, 9.17) is 16.9 Å². The first-order valence-corrected chi connectivity index (χ1v) is 6.19. The van der Waals surface area contributed by atoms with Gasteiger partial charge in [-0.05, 0) is 12.0 Å². The van der Waals surface area contributed by atoms with Gasteiger partial charge in [-0.25, -0.2) is 0 Å². The monoisotopic (exact) mass is 265 g/mol. The van der Waals surface area contributed by atoms with Crippen LogP contribution in [0.2, 0.25) is 5.02 Å². The number of halogens is 1. The first kappa shape index (κ1) is 14.5. The third kappa shape index (κ3) is 4.01. The van der Waals surface area contributed by atoms with Crippen LogP contribution in [-0.4, -0.2) is 28.9 Å². The van der Waals surface area contributed by atoms with Crippen molar-refractivity contribution in [3.05, 3.63) is 29.0 Å². The molecule has 0 atom stereocenters. The number of carbonyl (C=O) groups is 1. The molecule has 1 heterocycles. The van der Waals surface area contributed by atoms with Gasteiger partial charge in [0, 0.05) is 25.5 Å². The Morgan fingerprint density at radius 1 is 1.61 bits per heavy atom. The molecular weight excluding hydrogens is 250 g/mol. The number of hydrogen-bond acceptors (Lipinski definition) is 3. The molecule has 96 valence electrons. The molecule has 0 unspecified atom stereocenters. The molecule has 0 saturated carbocycles. The van der Waals surface area contributed by atoms with Crippen LogP contribution in [0.1, 0.15) is 30.6 Å². The van der Waals surface area contributed by atoms with E-state index in [1.807, 2.05) is 13.8 Å². The Bertz CT molecular complexity index is 454. The van der Waals surface area contributed by atoms with E-state index in [9.17, 15) is 4.79 Å². The molecule has 0 spiro atoms. The van der Waals surface area contributed by atoms with Gasteiger partial charge in [-0.3, -0.25) is 9.78 Å². The summed E-state index contributed by atoms with van der Waals surface area (Å²) in [5.74, 6) is 0.194. The summed E-state index contributed by atoms with van der Waals surface area (Å²) in [6, 6.07) is 3.65. The Morgan fingerprint density at radius 2 is 2.33 bits per heavy atom. The van der Waals surface area contributed by atoms with Crippen LogP contribution in [0.3, 0.4) is 0 Å². The van der Waals surface area contributed by atoms with Crippen LogP contribution in [0.4, 0.5) is 0 Å². The van der Waals surface area contributed by atoms with Gasteiger partial charge in [-0.2, -0.15) is 5.26 Å². The van der Waals surface area contributed by atoms with E-state index in [0.29, 0.717) is 36.0 Å². The normalized spacial score (nSPS) is 10.2. The van der Waals surface area contributed by atoms with E-state index in [1.165, 1.54) is 12.4 Å². The van der Waals surface area contributed by atoms with Crippen molar-refractivity contribution in [2.24, 2.45) is 5.92 Å². The second kappa shape index (κ2) is 6.97. The fourth-order valence-electron chi connectivity index (χ4n) is 1.62. The van der Waals surface area contributed by atoms with E-state index >= 15 is 0 Å². The molecule has 1 aromatic rings. The predicted molar refractivity (Wildman–Crippen MR) is 70.2 cm³/mol. The Kier molecular flexibility index (Phi) is 5.60. The Morgan fingerprint density at radius 3 is 2.89 bits per heavy atom. The third-order valence-electron chi connectivity index (χ3n) is 2.37. The summed E-state index contributed by atoms with van der Waals surface area (Å²) in [5, 5.41) is 8.97. The summed E-state index contributed by atoms with van der Waals surface area (Å²) in [5.41, 5.74) is 0.435. The van der Waals surface area contributed by atoms with Gasteiger partial charge in [0.15, 0.2) is 0 Å². The molecule has 0 fully saturated rings. The van der Waals surface area contributed by atoms with E-state index in [2.05, 4.69) is 11.1 Å². The highest BCUT2D eigenvalue weighted by Crippen LogP contribution is 2.16. The maximum Gasteiger partial charge on any atom is 0.255 e. The van der Waals surface area contributed by atoms with E-state index in [1.54, 1.807) is 11.0 Å². The molecule has 0 N–H and O–H groups in total. The topological polar surface area (TPSA) is 57.0 Å². The molecule has 0 bridgehead atoms. The molecule has 0 aromatic carbocycles. The van der Waals surface area contributed by atoms with E-state index < -0.39 is 0 Å². The van der Waals surface area contributed by atoms with E-state index in [-0.39, 0.29) is 5.91 Å². The van der Waals surface area contributed by atoms with Gasteiger partial charge in [-0.15, -0.1) is 0 Å². The smallest absolute Gasteiger partial charge is 0.255 e. The zero-order valence-electron chi connectivity index (χ0n) is 10.6. The number of carbonyl (C=O) groups excluding carboxylic acids is 1. The zero-order chi connectivity index (χ0) is 13.5. The first-order valence-electron chi connectivity index (χ1n) is 5.82. The Balaban J connectivity index is 2.88. The molecule has 18 heavy (non-hydrogen) atoms. The standard InChI is InChI=1S/C13H16ClN3O/c1-10(2)9-17(7-3-5-15)13(18)11-4-6-16-8-12(11)14/h4,6,8,10H,3,7,9H2,1-2H3. The largest absolute Gasteiger partial charge is 0.337 e. The highest BCUT2D eigenvalue weighted by atomic mass is 35.5. The van der Waals surface area contributed by atoms with Crippen molar-refractivity contribution < 1.29 is 4.79 Å². The molecule has 0 saturated heterocycles. The summed E-state index contributed by atoms with van der Waals surface area (Å²) < 4.78 is 0. The molecule has 1 rings (SSSR count). The summed E-state index contributed by atoms with van der Waals surface area (Å²) >= 11 is 5.96. The molecule has 0 radical (unpaired) electrons. The number of rotatable bonds is 5. The van der Waals surface area contributed by atoms with Crippen molar-refractivity contribution in [2.75, 3.05) is 13.1 Å². The minimum atomic E-state index is -0.147. The summed E-state index contributed by atoms with van der Waals surface area (Å²) in [4.78, 5) is 17.8. The molecule has 5 heteroatoms. The first-order chi connectivity index (χ1) is 8.56. The van der Waals surface area contributed by atoms with Gasteiger partial charge in [0.2, 0.25) is 0 Å². The van der Waals surface area contributed by atoms with E-state index in [0.717, 1.165) is 0 Å². The van der Waals surface area contributed by atoms with Gasteiger partial charge in [0.05, 0.1) is 23.1 Å². The number of amides is 1. The molecule has 1 aromatic heterocycles. The van der Waals surface area contributed by atoms with Crippen LogP contribution in [0, 0.1) is 17.2 Å². The Labute approximate surface area is 112 Å². The number of pyridine rings is 1. The van der Waals surface area contributed by atoms with Crippen LogP contribution >= 0.6 is 11.6 Å². The van der Waals surface area contributed by atoms with Crippen molar-refractivity contribution in [2.45, 2.75) is 20.3 Å². The van der Waals surface area contributed by atoms with Gasteiger partial charge in [-0.1, -0.05) is 25.4 Å². The lowest BCUT2D eigenvalue weighted by atomic mass is 10.1. The predicted octanol–water partition coefficient (Wildman–Crippen LogP) is 2.75. The average Bonchev–Trinajstić information content (AvgIpc) is 2.34. The van der Waals surface area contributed by atoms with Gasteiger partial charge in [0.25, 0.3) is 5.91 Å². The van der Waals surface area contributed by atoms with Crippen molar-refractivity contribution in [1.82, 2.24) is 9.88 Å². The highest BCUT2D eigenvalue weighted by molar-refractivity contribution is 6.33. The fourth-order valence-corrected chi connectivity index (χ4v) is 1.82. The van der Waals surface area contributed by atoms with Crippen molar-refractivity contribution in [1.29, 1.82) is 5.26 Å². The molecule has 4 nitrogen and oxygen atoms in total. The highest BCUT2D eigenvalue weighted by Gasteiger charge is 2.18. The Hall–Kier alpha value is -1.60. The average molecular weight is 266 g/mol. The minimum Gasteiger partial charge on any atom is -0.337 e. The van der Waals surface area contributed by atoms with Crippen LogP contribution in [-0.2, 0) is 0 Å². The maximum absolute atomic E-state index is 12.3. The van der Waals surface area contributed by atoms with Crippen molar-refractivity contribution in [3.8, 4) is 6.07 Å². The number of nitriles is 1. The lowest BCUT2D eigenvalue weighted by Crippen LogP contribution is -2.35. The lowest BCUT2D eigenvalue weighted by Gasteiger charge is -2.24. The third-order valence-corrected chi connectivity index (χ3v) is 2.67. The number of nitrogens with zero attached hydrogens (tertiary/aromatic N) is 3. The quantitative estimate of drug-likeness (QED) is 0.823. The summed E-state index contributed by atoms with van der Waals surface area (Å²) in [6.45, 7) is 5.09. The maximum atomic E-state index is 12.3. The zero-order valence-corrected chi connectivity index (χ0v) is 11.3. The van der Waals surface area contributed by atoms with Crippen LogP contribution in [0.25, 0.3) is 0 Å². The second-order valence-corrected chi connectivity index (χ2v) is 4.82. The van der Waals surface area contributed by atoms with Gasteiger partial charge < -0.3 is 4.90 Å².